The van der Waals surface area contributed by atoms with Crippen LogP contribution in [0.15, 0.2) is 4.42 Å². The number of hydrogen-bond acceptors (Lipinski definition) is 12. The topological polar surface area (TPSA) is 153 Å². The van der Waals surface area contributed by atoms with E-state index in [1.807, 2.05) is 0 Å². The first-order valence-electron chi connectivity index (χ1n) is 8.81. The third kappa shape index (κ3) is 6.13. The molecule has 0 N–H and O–H groups in total. The average molecular weight is 449 g/mol. The Balaban J connectivity index is 2.50. The summed E-state index contributed by atoms with van der Waals surface area (Å²) in [5, 5.41) is 7.55. The molecule has 1 aromatic rings. The standard InChI is InChI=1S/C17H21ClN2O10/c1-7(21)25-6-11-13(26-8(2)22)14(27-9(3)23)15(28-10(4)24)16(29-11)17-20-19-12(5-18)30-17/h11,13-16H,5-6H2,1-4H3/t11-,13+,14-,15-,16+/m1/s1. The van der Waals surface area contributed by atoms with E-state index in [0.717, 1.165) is 20.8 Å². The summed E-state index contributed by atoms with van der Waals surface area (Å²) in [6.07, 6.45) is -6.23. The second-order valence-electron chi connectivity index (χ2n) is 6.29. The predicted molar refractivity (Wildman–Crippen MR) is 94.8 cm³/mol. The van der Waals surface area contributed by atoms with Crippen molar-refractivity contribution >= 4 is 35.5 Å². The van der Waals surface area contributed by atoms with Gasteiger partial charge in [0, 0.05) is 27.7 Å². The number of ether oxygens (including phenoxy) is 5. The Morgan fingerprint density at radius 3 is 1.93 bits per heavy atom. The van der Waals surface area contributed by atoms with E-state index in [1.54, 1.807) is 0 Å². The molecule has 1 aliphatic rings. The van der Waals surface area contributed by atoms with Gasteiger partial charge in [-0.25, -0.2) is 0 Å². The van der Waals surface area contributed by atoms with Crippen molar-refractivity contribution in [3.05, 3.63) is 11.8 Å². The molecule has 1 aliphatic heterocycles. The van der Waals surface area contributed by atoms with Crippen molar-refractivity contribution in [2.24, 2.45) is 0 Å². The summed E-state index contributed by atoms with van der Waals surface area (Å²) in [7, 11) is 0. The number of halogens is 1. The number of aromatic nitrogens is 2. The van der Waals surface area contributed by atoms with E-state index in [-0.39, 0.29) is 24.3 Å². The molecule has 0 aliphatic carbocycles. The molecular weight excluding hydrogens is 428 g/mol. The molecule has 1 fully saturated rings. The van der Waals surface area contributed by atoms with Crippen LogP contribution in [0.25, 0.3) is 0 Å². The van der Waals surface area contributed by atoms with Gasteiger partial charge in [-0.3, -0.25) is 19.2 Å². The van der Waals surface area contributed by atoms with Gasteiger partial charge in [0.1, 0.15) is 18.6 Å². The first-order valence-corrected chi connectivity index (χ1v) is 9.34. The molecule has 0 radical (unpaired) electrons. The highest BCUT2D eigenvalue weighted by molar-refractivity contribution is 6.16. The minimum atomic E-state index is -1.32. The van der Waals surface area contributed by atoms with Gasteiger partial charge in [-0.1, -0.05) is 0 Å². The highest BCUT2D eigenvalue weighted by Crippen LogP contribution is 2.37. The summed E-state index contributed by atoms with van der Waals surface area (Å²) in [5.41, 5.74) is 0. The highest BCUT2D eigenvalue weighted by Gasteiger charge is 2.54. The summed E-state index contributed by atoms with van der Waals surface area (Å²) in [4.78, 5) is 46.4. The van der Waals surface area contributed by atoms with Crippen LogP contribution in [0.1, 0.15) is 45.6 Å². The van der Waals surface area contributed by atoms with Gasteiger partial charge in [0.15, 0.2) is 24.4 Å². The molecule has 0 unspecified atom stereocenters. The van der Waals surface area contributed by atoms with Gasteiger partial charge in [0.2, 0.25) is 11.8 Å². The lowest BCUT2D eigenvalue weighted by Gasteiger charge is -2.43. The lowest BCUT2D eigenvalue weighted by molar-refractivity contribution is -0.257. The third-order valence-corrected chi connectivity index (χ3v) is 4.06. The minimum Gasteiger partial charge on any atom is -0.463 e. The Kier molecular flexibility index (Phi) is 8.12. The van der Waals surface area contributed by atoms with Gasteiger partial charge in [0.25, 0.3) is 0 Å². The number of alkyl halides is 1. The Morgan fingerprint density at radius 1 is 0.867 bits per heavy atom. The van der Waals surface area contributed by atoms with Gasteiger partial charge < -0.3 is 28.1 Å². The number of nitrogens with zero attached hydrogens (tertiary/aromatic N) is 2. The molecule has 1 aromatic heterocycles. The number of carbonyl (C=O) groups is 4. The van der Waals surface area contributed by atoms with Crippen LogP contribution in [0.5, 0.6) is 0 Å². The number of rotatable bonds is 7. The van der Waals surface area contributed by atoms with E-state index in [1.165, 1.54) is 6.92 Å². The highest BCUT2D eigenvalue weighted by atomic mass is 35.5. The second kappa shape index (κ2) is 10.3. The lowest BCUT2D eigenvalue weighted by atomic mass is 9.94. The summed E-state index contributed by atoms with van der Waals surface area (Å²) in [6, 6.07) is 0. The zero-order chi connectivity index (χ0) is 22.4. The molecule has 13 heteroatoms. The molecule has 5 atom stereocenters. The zero-order valence-electron chi connectivity index (χ0n) is 16.7. The fourth-order valence-electron chi connectivity index (χ4n) is 2.86. The van der Waals surface area contributed by atoms with Gasteiger partial charge >= 0.3 is 23.9 Å². The van der Waals surface area contributed by atoms with Crippen molar-refractivity contribution in [3.8, 4) is 0 Å². The smallest absolute Gasteiger partial charge is 0.303 e. The van der Waals surface area contributed by atoms with Gasteiger partial charge in [-0.05, 0) is 0 Å². The maximum Gasteiger partial charge on any atom is 0.303 e. The predicted octanol–water partition coefficient (Wildman–Crippen LogP) is 0.606. The largest absolute Gasteiger partial charge is 0.463 e. The van der Waals surface area contributed by atoms with Crippen molar-refractivity contribution in [3.63, 3.8) is 0 Å². The fraction of sp³-hybridized carbons (Fsp3) is 0.647. The van der Waals surface area contributed by atoms with E-state index in [9.17, 15) is 19.2 Å². The molecule has 0 bridgehead atoms. The molecule has 2 rings (SSSR count). The monoisotopic (exact) mass is 448 g/mol. The summed E-state index contributed by atoms with van der Waals surface area (Å²) < 4.78 is 32.1. The van der Waals surface area contributed by atoms with E-state index in [2.05, 4.69) is 10.2 Å². The quantitative estimate of drug-likeness (QED) is 0.326. The number of esters is 4. The first kappa shape index (κ1) is 23.5. The van der Waals surface area contributed by atoms with Crippen LogP contribution in [-0.2, 0) is 48.7 Å². The lowest BCUT2D eigenvalue weighted by Crippen LogP contribution is -2.59. The summed E-state index contributed by atoms with van der Waals surface area (Å²) in [5.74, 6) is -2.96. The minimum absolute atomic E-state index is 0.0690. The van der Waals surface area contributed by atoms with E-state index >= 15 is 0 Å². The van der Waals surface area contributed by atoms with Crippen LogP contribution in [0.2, 0.25) is 0 Å². The maximum absolute atomic E-state index is 11.7. The SMILES string of the molecule is CC(=O)OC[C@H]1O[C@H](c2nnc(CCl)o2)[C@H](OC(C)=O)[C@H](OC(C)=O)[C@H]1OC(C)=O. The maximum atomic E-state index is 11.7. The van der Waals surface area contributed by atoms with Crippen LogP contribution in [0.4, 0.5) is 0 Å². The average Bonchev–Trinajstić information content (AvgIpc) is 3.11. The third-order valence-electron chi connectivity index (χ3n) is 3.83. The number of hydrogen-bond donors (Lipinski definition) is 0. The van der Waals surface area contributed by atoms with Crippen molar-refractivity contribution < 1.29 is 47.3 Å². The zero-order valence-corrected chi connectivity index (χ0v) is 17.4. The molecule has 0 spiro atoms. The Bertz CT molecular complexity index is 797. The van der Waals surface area contributed by atoms with Crippen LogP contribution in [0.3, 0.4) is 0 Å². The van der Waals surface area contributed by atoms with E-state index < -0.39 is 54.4 Å². The molecule has 2 heterocycles. The van der Waals surface area contributed by atoms with E-state index in [0.29, 0.717) is 0 Å². The van der Waals surface area contributed by atoms with Crippen molar-refractivity contribution in [1.82, 2.24) is 10.2 Å². The van der Waals surface area contributed by atoms with Crippen molar-refractivity contribution in [1.29, 1.82) is 0 Å². The van der Waals surface area contributed by atoms with Gasteiger partial charge in [-0.15, -0.1) is 21.8 Å². The Labute approximate surface area is 176 Å². The normalized spacial score (nSPS) is 25.8. The van der Waals surface area contributed by atoms with Crippen LogP contribution in [0, 0.1) is 0 Å². The summed E-state index contributed by atoms with van der Waals surface area (Å²) in [6.45, 7) is 4.21. The summed E-state index contributed by atoms with van der Waals surface area (Å²) >= 11 is 5.68. The fourth-order valence-corrected chi connectivity index (χ4v) is 2.97. The van der Waals surface area contributed by atoms with Crippen LogP contribution < -0.4 is 0 Å². The van der Waals surface area contributed by atoms with Gasteiger partial charge in [0.05, 0.1) is 0 Å². The molecular formula is C17H21ClN2O10. The molecule has 166 valence electrons. The molecule has 1 saturated heterocycles. The van der Waals surface area contributed by atoms with Gasteiger partial charge in [-0.2, -0.15) is 0 Å². The number of carbonyl (C=O) groups excluding carboxylic acids is 4. The molecule has 0 amide bonds. The molecule has 12 nitrogen and oxygen atoms in total. The molecule has 0 aromatic carbocycles. The molecule has 0 saturated carbocycles. The second-order valence-corrected chi connectivity index (χ2v) is 6.55. The van der Waals surface area contributed by atoms with Crippen LogP contribution >= 0.6 is 11.6 Å². The Morgan fingerprint density at radius 2 is 1.43 bits per heavy atom. The van der Waals surface area contributed by atoms with E-state index in [4.69, 9.17) is 39.7 Å². The molecule has 30 heavy (non-hydrogen) atoms. The van der Waals surface area contributed by atoms with Crippen molar-refractivity contribution in [2.45, 2.75) is 64.1 Å². The van der Waals surface area contributed by atoms with Crippen molar-refractivity contribution in [2.75, 3.05) is 6.61 Å². The van der Waals surface area contributed by atoms with Crippen LogP contribution in [-0.4, -0.2) is 65.1 Å². The Hall–Kier alpha value is -2.73. The first-order chi connectivity index (χ1) is 14.1.